The number of hydrogen-bond donors (Lipinski definition) is 2. The van der Waals surface area contributed by atoms with E-state index in [1.165, 1.54) is 12.8 Å². The van der Waals surface area contributed by atoms with E-state index >= 15 is 0 Å². The van der Waals surface area contributed by atoms with Crippen molar-refractivity contribution in [3.05, 3.63) is 0 Å². The van der Waals surface area contributed by atoms with E-state index in [1.807, 2.05) is 4.90 Å². The Kier molecular flexibility index (Phi) is 10.5. The van der Waals surface area contributed by atoms with Crippen LogP contribution in [0.1, 0.15) is 45.4 Å². The molecule has 3 aliphatic rings. The Bertz CT molecular complexity index is 501. The quantitative estimate of drug-likeness (QED) is 0.687. The van der Waals surface area contributed by atoms with Crippen LogP contribution in [0.2, 0.25) is 0 Å². The summed E-state index contributed by atoms with van der Waals surface area (Å²) >= 11 is 0. The van der Waals surface area contributed by atoms with E-state index < -0.39 is 5.54 Å². The van der Waals surface area contributed by atoms with Crippen LogP contribution in [-0.2, 0) is 14.3 Å². The van der Waals surface area contributed by atoms with Gasteiger partial charge in [-0.3, -0.25) is 14.5 Å². The Morgan fingerprint density at radius 2 is 1.61 bits per heavy atom. The van der Waals surface area contributed by atoms with Crippen molar-refractivity contribution in [3.8, 4) is 0 Å². The first-order valence-electron chi connectivity index (χ1n) is 10.1. The molecule has 1 aliphatic carbocycles. The van der Waals surface area contributed by atoms with E-state index in [2.05, 4.69) is 17.1 Å². The van der Waals surface area contributed by atoms with Crippen molar-refractivity contribution in [2.75, 3.05) is 45.9 Å². The summed E-state index contributed by atoms with van der Waals surface area (Å²) in [6.07, 6.45) is 5.78. The number of piperazine rings is 1. The molecule has 0 aromatic carbocycles. The molecular formula is C19H36Cl2N4O3. The summed E-state index contributed by atoms with van der Waals surface area (Å²) < 4.78 is 5.33. The zero-order chi connectivity index (χ0) is 18.6. The van der Waals surface area contributed by atoms with E-state index in [1.54, 1.807) is 0 Å². The molecular weight excluding hydrogens is 403 g/mol. The topological polar surface area (TPSA) is 87.9 Å². The number of ether oxygens (including phenoxy) is 1. The van der Waals surface area contributed by atoms with Crippen molar-refractivity contribution < 1.29 is 14.3 Å². The molecule has 2 amide bonds. The predicted octanol–water partition coefficient (Wildman–Crippen LogP) is 1.18. The number of hydrogen-bond acceptors (Lipinski definition) is 5. The van der Waals surface area contributed by atoms with Crippen LogP contribution in [0.25, 0.3) is 0 Å². The molecule has 2 heterocycles. The lowest BCUT2D eigenvalue weighted by molar-refractivity contribution is -0.142. The number of halogens is 2. The molecule has 3 fully saturated rings. The van der Waals surface area contributed by atoms with Crippen molar-refractivity contribution in [2.24, 2.45) is 11.7 Å². The fraction of sp³-hybridized carbons (Fsp3) is 0.895. The maximum Gasteiger partial charge on any atom is 0.242 e. The normalized spacial score (nSPS) is 27.9. The second-order valence-corrected chi connectivity index (χ2v) is 8.36. The summed E-state index contributed by atoms with van der Waals surface area (Å²) in [7, 11) is 0. The highest BCUT2D eigenvalue weighted by Gasteiger charge is 2.39. The van der Waals surface area contributed by atoms with Crippen LogP contribution in [0.15, 0.2) is 0 Å². The van der Waals surface area contributed by atoms with Crippen molar-refractivity contribution in [3.63, 3.8) is 0 Å². The molecule has 7 nitrogen and oxygen atoms in total. The maximum absolute atomic E-state index is 12.7. The fourth-order valence-corrected chi connectivity index (χ4v) is 4.25. The summed E-state index contributed by atoms with van der Waals surface area (Å²) in [4.78, 5) is 29.0. The monoisotopic (exact) mass is 438 g/mol. The van der Waals surface area contributed by atoms with Crippen LogP contribution in [0.3, 0.4) is 0 Å². The number of nitrogens with two attached hydrogens (primary N) is 1. The Balaban J connectivity index is 0.00000196. The molecule has 3 N–H and O–H groups in total. The third-order valence-electron chi connectivity index (χ3n) is 6.22. The lowest BCUT2D eigenvalue weighted by Gasteiger charge is -2.40. The standard InChI is InChI=1S/C19H34N4O3.2ClH/c1-15-2-4-16(5-3-15)21-17(24)14-22-8-10-23(11-9-22)18(25)19(20)6-12-26-13-7-19;;/h15-16H,2-14,20H2,1H3,(H,21,24);2*1H. The Labute approximate surface area is 180 Å². The molecule has 2 aliphatic heterocycles. The molecule has 28 heavy (non-hydrogen) atoms. The Morgan fingerprint density at radius 1 is 1.04 bits per heavy atom. The van der Waals surface area contributed by atoms with Crippen molar-refractivity contribution in [1.29, 1.82) is 0 Å². The summed E-state index contributed by atoms with van der Waals surface area (Å²) in [5.41, 5.74) is 5.55. The van der Waals surface area contributed by atoms with Crippen LogP contribution in [0, 0.1) is 5.92 Å². The minimum absolute atomic E-state index is 0. The van der Waals surface area contributed by atoms with E-state index in [0.29, 0.717) is 51.7 Å². The van der Waals surface area contributed by atoms with Gasteiger partial charge in [0.25, 0.3) is 0 Å². The number of carbonyl (C=O) groups excluding carboxylic acids is 2. The average molecular weight is 439 g/mol. The van der Waals surface area contributed by atoms with Gasteiger partial charge >= 0.3 is 0 Å². The fourth-order valence-electron chi connectivity index (χ4n) is 4.25. The first-order chi connectivity index (χ1) is 12.5. The number of nitrogens with one attached hydrogen (secondary N) is 1. The maximum atomic E-state index is 12.7. The van der Waals surface area contributed by atoms with Gasteiger partial charge in [0.1, 0.15) is 0 Å². The molecule has 0 aromatic heterocycles. The predicted molar refractivity (Wildman–Crippen MR) is 114 cm³/mol. The van der Waals surface area contributed by atoms with Gasteiger partial charge in [-0.05, 0) is 44.4 Å². The zero-order valence-corrected chi connectivity index (χ0v) is 18.5. The first kappa shape index (κ1) is 25.4. The SMILES string of the molecule is CC1CCC(NC(=O)CN2CCN(C(=O)C3(N)CCOCC3)CC2)CC1.Cl.Cl. The highest BCUT2D eigenvalue weighted by Crippen LogP contribution is 2.23. The van der Waals surface area contributed by atoms with Crippen molar-refractivity contribution in [2.45, 2.75) is 57.0 Å². The van der Waals surface area contributed by atoms with Gasteiger partial charge in [-0.15, -0.1) is 24.8 Å². The van der Waals surface area contributed by atoms with Crippen LogP contribution in [-0.4, -0.2) is 79.1 Å². The zero-order valence-electron chi connectivity index (χ0n) is 16.9. The average Bonchev–Trinajstić information content (AvgIpc) is 2.64. The smallest absolute Gasteiger partial charge is 0.242 e. The van der Waals surface area contributed by atoms with Gasteiger partial charge in [0, 0.05) is 45.4 Å². The van der Waals surface area contributed by atoms with E-state index in [9.17, 15) is 9.59 Å². The molecule has 1 saturated carbocycles. The molecule has 0 atom stereocenters. The van der Waals surface area contributed by atoms with Gasteiger partial charge in [-0.25, -0.2) is 0 Å². The molecule has 0 spiro atoms. The molecule has 0 aromatic rings. The van der Waals surface area contributed by atoms with Gasteiger partial charge in [0.05, 0.1) is 12.1 Å². The molecule has 164 valence electrons. The Hall–Kier alpha value is -0.600. The minimum Gasteiger partial charge on any atom is -0.381 e. The van der Waals surface area contributed by atoms with E-state index in [-0.39, 0.29) is 36.6 Å². The number of rotatable bonds is 4. The second kappa shape index (κ2) is 11.6. The summed E-state index contributed by atoms with van der Waals surface area (Å²) in [6, 6.07) is 0.340. The van der Waals surface area contributed by atoms with Gasteiger partial charge in [-0.1, -0.05) is 6.92 Å². The molecule has 0 bridgehead atoms. The molecule has 3 rings (SSSR count). The number of nitrogens with zero attached hydrogens (tertiary/aromatic N) is 2. The summed E-state index contributed by atoms with van der Waals surface area (Å²) in [5, 5.41) is 3.18. The minimum atomic E-state index is -0.768. The summed E-state index contributed by atoms with van der Waals surface area (Å²) in [6.45, 7) is 6.57. The Morgan fingerprint density at radius 3 is 2.18 bits per heavy atom. The van der Waals surface area contributed by atoms with Gasteiger partial charge < -0.3 is 20.7 Å². The highest BCUT2D eigenvalue weighted by atomic mass is 35.5. The van der Waals surface area contributed by atoms with Crippen LogP contribution in [0.4, 0.5) is 0 Å². The molecule has 2 saturated heterocycles. The van der Waals surface area contributed by atoms with E-state index in [4.69, 9.17) is 10.5 Å². The van der Waals surface area contributed by atoms with Gasteiger partial charge in [0.2, 0.25) is 11.8 Å². The summed E-state index contributed by atoms with van der Waals surface area (Å²) in [5.74, 6) is 0.945. The largest absolute Gasteiger partial charge is 0.381 e. The van der Waals surface area contributed by atoms with Crippen molar-refractivity contribution >= 4 is 36.6 Å². The van der Waals surface area contributed by atoms with Crippen LogP contribution < -0.4 is 11.1 Å². The first-order valence-corrected chi connectivity index (χ1v) is 10.1. The second-order valence-electron chi connectivity index (χ2n) is 8.36. The molecule has 0 radical (unpaired) electrons. The number of carbonyl (C=O) groups is 2. The third kappa shape index (κ3) is 6.73. The molecule has 0 unspecified atom stereocenters. The lowest BCUT2D eigenvalue weighted by atomic mass is 9.87. The van der Waals surface area contributed by atoms with Gasteiger partial charge in [0.15, 0.2) is 0 Å². The number of amides is 2. The van der Waals surface area contributed by atoms with E-state index in [0.717, 1.165) is 31.8 Å². The van der Waals surface area contributed by atoms with Crippen LogP contribution in [0.5, 0.6) is 0 Å². The molecule has 9 heteroatoms. The van der Waals surface area contributed by atoms with Gasteiger partial charge in [-0.2, -0.15) is 0 Å². The van der Waals surface area contributed by atoms with Crippen LogP contribution >= 0.6 is 24.8 Å². The highest BCUT2D eigenvalue weighted by molar-refractivity contribution is 5.86. The third-order valence-corrected chi connectivity index (χ3v) is 6.22. The van der Waals surface area contributed by atoms with Crippen molar-refractivity contribution in [1.82, 2.24) is 15.1 Å². The lowest BCUT2D eigenvalue weighted by Crippen LogP contribution is -2.61.